The molecular weight excluding hydrogens is 122 g/mol. The summed E-state index contributed by atoms with van der Waals surface area (Å²) in [7, 11) is 0. The highest BCUT2D eigenvalue weighted by atomic mass is 32.1. The number of allylic oxidation sites excluding steroid dienone is 2. The Morgan fingerprint density at radius 2 is 2.25 bits per heavy atom. The van der Waals surface area contributed by atoms with Crippen molar-refractivity contribution in [2.75, 3.05) is 6.54 Å². The van der Waals surface area contributed by atoms with Gasteiger partial charge < -0.3 is 22.1 Å². The van der Waals surface area contributed by atoms with E-state index in [2.05, 4.69) is 12.8 Å². The normalized spacial score (nSPS) is 35.8. The monoisotopic (exact) mass is 128 g/mol. The van der Waals surface area contributed by atoms with Crippen molar-refractivity contribution in [2.45, 2.75) is 0 Å². The van der Waals surface area contributed by atoms with E-state index < -0.39 is 4.05 Å². The maximum Gasteiger partial charge on any atom is 0.0851 e. The Labute approximate surface area is 53.8 Å². The van der Waals surface area contributed by atoms with E-state index in [1.165, 1.54) is 6.20 Å². The molecule has 1 atom stereocenters. The number of rotatable bonds is 0. The Hall–Kier alpha value is -0.250. The van der Waals surface area contributed by atoms with Crippen molar-refractivity contribution in [1.82, 2.24) is 0 Å². The van der Waals surface area contributed by atoms with Crippen molar-refractivity contribution in [3.05, 3.63) is 29.6 Å². The molecule has 1 heterocycles. The van der Waals surface area contributed by atoms with Crippen molar-refractivity contribution in [2.24, 2.45) is 0 Å². The van der Waals surface area contributed by atoms with Crippen molar-refractivity contribution in [1.29, 1.82) is 0 Å². The van der Waals surface area contributed by atoms with Crippen LogP contribution in [0.25, 0.3) is 0 Å². The molecule has 2 nitrogen and oxygen atoms in total. The molecule has 0 aromatic heterocycles. The first kappa shape index (κ1) is 5.88. The highest BCUT2D eigenvalue weighted by Gasteiger charge is 1.95. The molecule has 1 aliphatic rings. The Bertz CT molecular complexity index is 139. The number of hydrogen-bond acceptors (Lipinski definition) is 2. The van der Waals surface area contributed by atoms with Crippen LogP contribution in [-0.2, 0) is 12.8 Å². The van der Waals surface area contributed by atoms with Gasteiger partial charge in [-0.2, -0.15) is 0 Å². The van der Waals surface area contributed by atoms with Crippen molar-refractivity contribution >= 4 is 12.8 Å². The highest BCUT2D eigenvalue weighted by molar-refractivity contribution is 7.52. The fraction of sp³-hybridized carbons (Fsp3) is 0.200. The topological polar surface area (TPSA) is 23.1 Å². The van der Waals surface area contributed by atoms with Crippen LogP contribution in [0.3, 0.4) is 0 Å². The molecule has 0 radical (unpaired) electrons. The van der Waals surface area contributed by atoms with Crippen molar-refractivity contribution in [3.8, 4) is 0 Å². The number of quaternary nitrogens is 1. The molecule has 1 rings (SSSR count). The van der Waals surface area contributed by atoms with E-state index in [0.29, 0.717) is 6.54 Å². The minimum absolute atomic E-state index is 0.381. The molecule has 0 spiro atoms. The van der Waals surface area contributed by atoms with Gasteiger partial charge in [-0.3, -0.25) is 0 Å². The molecule has 0 bridgehead atoms. The fourth-order valence-electron chi connectivity index (χ4n) is 0.528. The van der Waals surface area contributed by atoms with Gasteiger partial charge in [0.05, 0.1) is 12.7 Å². The molecule has 0 saturated heterocycles. The number of nitrogens with zero attached hydrogens (tertiary/aromatic N) is 1. The Morgan fingerprint density at radius 1 is 1.50 bits per heavy atom. The molecule has 3 heteroatoms. The summed E-state index contributed by atoms with van der Waals surface area (Å²) in [6, 6.07) is 0. The molecule has 0 aromatic carbocycles. The third-order valence-electron chi connectivity index (χ3n) is 0.920. The summed E-state index contributed by atoms with van der Waals surface area (Å²) >= 11 is 4.54. The van der Waals surface area contributed by atoms with Crippen LogP contribution in [0.1, 0.15) is 0 Å². The van der Waals surface area contributed by atoms with E-state index in [1.54, 1.807) is 12.2 Å². The van der Waals surface area contributed by atoms with E-state index >= 15 is 0 Å². The summed E-state index contributed by atoms with van der Waals surface area (Å²) < 4.78 is -0.684. The van der Waals surface area contributed by atoms with Gasteiger partial charge in [-0.05, 0) is 12.2 Å². The fourth-order valence-corrected chi connectivity index (χ4v) is 0.684. The summed E-state index contributed by atoms with van der Waals surface area (Å²) in [5, 5.41) is 10.7. The van der Waals surface area contributed by atoms with Crippen LogP contribution < -0.4 is 0 Å². The Kier molecular flexibility index (Phi) is 1.42. The van der Waals surface area contributed by atoms with Gasteiger partial charge in [-0.1, -0.05) is 6.08 Å². The minimum atomic E-state index is -0.684. The Balaban J connectivity index is 2.65. The zero-order valence-corrected chi connectivity index (χ0v) is 5.10. The predicted octanol–water partition coefficient (Wildman–Crippen LogP) is 0.846. The third kappa shape index (κ3) is 1.36. The van der Waals surface area contributed by atoms with Crippen LogP contribution in [0.4, 0.5) is 0 Å². The van der Waals surface area contributed by atoms with Gasteiger partial charge in [-0.25, -0.2) is 0 Å². The van der Waals surface area contributed by atoms with Crippen LogP contribution in [0.5, 0.6) is 0 Å². The van der Waals surface area contributed by atoms with Gasteiger partial charge >= 0.3 is 0 Å². The van der Waals surface area contributed by atoms with Crippen molar-refractivity contribution in [3.63, 3.8) is 0 Å². The van der Waals surface area contributed by atoms with Gasteiger partial charge in [0.25, 0.3) is 0 Å². The van der Waals surface area contributed by atoms with E-state index in [1.807, 2.05) is 6.08 Å². The molecule has 1 aliphatic heterocycles. The van der Waals surface area contributed by atoms with E-state index in [0.717, 1.165) is 0 Å². The summed E-state index contributed by atoms with van der Waals surface area (Å²) in [6.07, 6.45) is 6.69. The van der Waals surface area contributed by atoms with Crippen LogP contribution in [0.15, 0.2) is 24.4 Å². The summed E-state index contributed by atoms with van der Waals surface area (Å²) in [4.78, 5) is 0. The quantitative estimate of drug-likeness (QED) is 0.274. The van der Waals surface area contributed by atoms with E-state index in [-0.39, 0.29) is 0 Å². The molecule has 0 fully saturated rings. The van der Waals surface area contributed by atoms with Crippen LogP contribution in [0.2, 0.25) is 0 Å². The lowest BCUT2D eigenvalue weighted by atomic mass is 10.4. The second kappa shape index (κ2) is 1.93. The average Bonchev–Trinajstić information content (AvgIpc) is 1.65. The lowest BCUT2D eigenvalue weighted by molar-refractivity contribution is -0.673. The minimum Gasteiger partial charge on any atom is -0.646 e. The highest BCUT2D eigenvalue weighted by Crippen LogP contribution is 2.05. The molecule has 0 aromatic rings. The average molecular weight is 128 g/mol. The van der Waals surface area contributed by atoms with Gasteiger partial charge in [0, 0.05) is 0 Å². The third-order valence-corrected chi connectivity index (χ3v) is 1.19. The lowest BCUT2D eigenvalue weighted by Crippen LogP contribution is -2.29. The van der Waals surface area contributed by atoms with Crippen LogP contribution in [0, 0.1) is 5.21 Å². The molecule has 8 heavy (non-hydrogen) atoms. The van der Waals surface area contributed by atoms with Gasteiger partial charge in [0.2, 0.25) is 0 Å². The zero-order chi connectivity index (χ0) is 6.04. The molecule has 0 saturated carbocycles. The van der Waals surface area contributed by atoms with Crippen LogP contribution >= 0.6 is 0 Å². The summed E-state index contributed by atoms with van der Waals surface area (Å²) in [6.45, 7) is 0.381. The van der Waals surface area contributed by atoms with Gasteiger partial charge in [-0.15, -0.1) is 0 Å². The molecular formula is C5H6NOS-. The molecule has 0 amide bonds. The standard InChI is InChI=1S/C5H6NOS/c7-6(8)4-2-1-3-5-6/h1-4H,5H2/q-1. The Morgan fingerprint density at radius 3 is 2.50 bits per heavy atom. The maximum atomic E-state index is 10.7. The molecule has 0 aliphatic carbocycles. The largest absolute Gasteiger partial charge is 0.646 e. The van der Waals surface area contributed by atoms with E-state index in [9.17, 15) is 5.21 Å². The lowest BCUT2D eigenvalue weighted by Gasteiger charge is -2.45. The summed E-state index contributed by atoms with van der Waals surface area (Å²) in [5.74, 6) is 0. The van der Waals surface area contributed by atoms with Gasteiger partial charge in [0.15, 0.2) is 0 Å². The van der Waals surface area contributed by atoms with Gasteiger partial charge in [0.1, 0.15) is 0 Å². The van der Waals surface area contributed by atoms with Crippen molar-refractivity contribution < 1.29 is 4.05 Å². The van der Waals surface area contributed by atoms with E-state index in [4.69, 9.17) is 0 Å². The molecule has 44 valence electrons. The second-order valence-electron chi connectivity index (χ2n) is 1.68. The smallest absolute Gasteiger partial charge is 0.0851 e. The number of hydrogen-bond donors (Lipinski definition) is 0. The zero-order valence-electron chi connectivity index (χ0n) is 4.28. The first-order chi connectivity index (χ1) is 3.71. The number of hydroxylamine groups is 2. The summed E-state index contributed by atoms with van der Waals surface area (Å²) in [5.41, 5.74) is 0. The first-order valence-corrected chi connectivity index (χ1v) is 2.71. The molecule has 1 unspecified atom stereocenters. The predicted molar refractivity (Wildman–Crippen MR) is 34.1 cm³/mol. The second-order valence-corrected chi connectivity index (χ2v) is 2.30. The SMILES string of the molecule is [O-][N+]1([S-])C=CC=CC1. The van der Waals surface area contributed by atoms with Crippen LogP contribution in [-0.4, -0.2) is 10.6 Å². The first-order valence-electron chi connectivity index (χ1n) is 2.35. The molecule has 0 N–H and O–H groups in total. The maximum absolute atomic E-state index is 10.7.